The van der Waals surface area contributed by atoms with Crippen LogP contribution in [0.15, 0.2) is 12.1 Å². The molecule has 2 rings (SSSR count). The first-order valence-electron chi connectivity index (χ1n) is 4.24. The summed E-state index contributed by atoms with van der Waals surface area (Å²) in [5.41, 5.74) is -0.295. The number of fused-ring (bicyclic) bond motifs is 1. The van der Waals surface area contributed by atoms with Crippen molar-refractivity contribution in [3.05, 3.63) is 34.6 Å². The monoisotopic (exact) mass is 200 g/mol. The van der Waals surface area contributed by atoms with Gasteiger partial charge in [-0.15, -0.1) is 0 Å². The van der Waals surface area contributed by atoms with Crippen molar-refractivity contribution in [1.29, 1.82) is 0 Å². The Labute approximate surface area is 78.5 Å². The van der Waals surface area contributed by atoms with Crippen LogP contribution in [0.3, 0.4) is 0 Å². The normalized spacial score (nSPS) is 15.0. The van der Waals surface area contributed by atoms with Gasteiger partial charge in [-0.25, -0.2) is 13.2 Å². The number of carbonyl (C=O) groups is 1. The average molecular weight is 200 g/mol. The molecule has 0 unspecified atom stereocenters. The van der Waals surface area contributed by atoms with Gasteiger partial charge in [0.05, 0.1) is 0 Å². The second kappa shape index (κ2) is 3.12. The summed E-state index contributed by atoms with van der Waals surface area (Å²) < 4.78 is 38.0. The molecule has 74 valence electrons. The third-order valence-corrected chi connectivity index (χ3v) is 2.40. The summed E-state index contributed by atoms with van der Waals surface area (Å²) in [6, 6.07) is 1.99. The summed E-state index contributed by atoms with van der Waals surface area (Å²) in [5, 5.41) is 0. The number of rotatable bonds is 1. The highest BCUT2D eigenvalue weighted by atomic mass is 19.3. The number of hydrogen-bond acceptors (Lipinski definition) is 1. The molecular formula is C10H7F3O. The first-order valence-corrected chi connectivity index (χ1v) is 4.24. The zero-order valence-corrected chi connectivity index (χ0v) is 7.19. The van der Waals surface area contributed by atoms with Gasteiger partial charge >= 0.3 is 0 Å². The maximum Gasteiger partial charge on any atom is 0.264 e. The fraction of sp³-hybridized carbons (Fsp3) is 0.300. The standard InChI is InChI=1S/C10H7F3O/c11-7-3-1-6(10(12)13)9-5(7)2-4-8(9)14/h1,3,10H,2,4H2. The highest BCUT2D eigenvalue weighted by molar-refractivity contribution is 6.01. The van der Waals surface area contributed by atoms with Crippen molar-refractivity contribution in [2.24, 2.45) is 0 Å². The molecule has 0 amide bonds. The lowest BCUT2D eigenvalue weighted by Crippen LogP contribution is -2.01. The van der Waals surface area contributed by atoms with Crippen LogP contribution in [0.5, 0.6) is 0 Å². The summed E-state index contributed by atoms with van der Waals surface area (Å²) in [5.74, 6) is -0.940. The largest absolute Gasteiger partial charge is 0.294 e. The molecule has 4 heteroatoms. The smallest absolute Gasteiger partial charge is 0.264 e. The molecule has 1 aromatic rings. The van der Waals surface area contributed by atoms with Crippen molar-refractivity contribution >= 4 is 5.78 Å². The van der Waals surface area contributed by atoms with Crippen LogP contribution in [0, 0.1) is 5.82 Å². The number of benzene rings is 1. The Kier molecular flexibility index (Phi) is 2.06. The van der Waals surface area contributed by atoms with Gasteiger partial charge < -0.3 is 0 Å². The molecule has 0 aliphatic heterocycles. The summed E-state index contributed by atoms with van der Waals surface area (Å²) in [7, 11) is 0. The van der Waals surface area contributed by atoms with Gasteiger partial charge in [0.25, 0.3) is 6.43 Å². The van der Waals surface area contributed by atoms with Crippen LogP contribution in [-0.4, -0.2) is 5.78 Å². The molecule has 0 heterocycles. The molecule has 1 nitrogen and oxygen atoms in total. The molecule has 1 aliphatic carbocycles. The van der Waals surface area contributed by atoms with Gasteiger partial charge in [-0.1, -0.05) is 0 Å². The number of halogens is 3. The Morgan fingerprint density at radius 1 is 1.21 bits per heavy atom. The molecule has 0 bridgehead atoms. The summed E-state index contributed by atoms with van der Waals surface area (Å²) >= 11 is 0. The Bertz CT molecular complexity index is 399. The molecule has 14 heavy (non-hydrogen) atoms. The zero-order valence-electron chi connectivity index (χ0n) is 7.19. The Hall–Kier alpha value is -1.32. The van der Waals surface area contributed by atoms with Crippen LogP contribution in [-0.2, 0) is 6.42 Å². The van der Waals surface area contributed by atoms with Crippen LogP contribution < -0.4 is 0 Å². The number of carbonyl (C=O) groups excluding carboxylic acids is 1. The second-order valence-corrected chi connectivity index (χ2v) is 3.21. The van der Waals surface area contributed by atoms with Crippen LogP contribution in [0.25, 0.3) is 0 Å². The summed E-state index contributed by atoms with van der Waals surface area (Å²) in [6.07, 6.45) is -2.34. The lowest BCUT2D eigenvalue weighted by Gasteiger charge is -2.06. The van der Waals surface area contributed by atoms with Gasteiger partial charge in [0, 0.05) is 17.5 Å². The van der Waals surface area contributed by atoms with Crippen molar-refractivity contribution in [2.75, 3.05) is 0 Å². The van der Waals surface area contributed by atoms with E-state index in [2.05, 4.69) is 0 Å². The maximum absolute atomic E-state index is 13.1. The third-order valence-electron chi connectivity index (χ3n) is 2.40. The minimum atomic E-state index is -2.72. The predicted octanol–water partition coefficient (Wildman–Crippen LogP) is 2.89. The Morgan fingerprint density at radius 2 is 1.93 bits per heavy atom. The Morgan fingerprint density at radius 3 is 2.57 bits per heavy atom. The molecular weight excluding hydrogens is 193 g/mol. The van der Waals surface area contributed by atoms with Crippen molar-refractivity contribution in [3.8, 4) is 0 Å². The molecule has 0 radical (unpaired) electrons. The van der Waals surface area contributed by atoms with E-state index < -0.39 is 12.2 Å². The quantitative estimate of drug-likeness (QED) is 0.681. The number of ketones is 1. The number of alkyl halides is 2. The van der Waals surface area contributed by atoms with Crippen molar-refractivity contribution in [3.63, 3.8) is 0 Å². The highest BCUT2D eigenvalue weighted by Crippen LogP contribution is 2.32. The Balaban J connectivity index is 2.66. The van der Waals surface area contributed by atoms with E-state index in [0.717, 1.165) is 12.1 Å². The van der Waals surface area contributed by atoms with E-state index in [0.29, 0.717) is 0 Å². The topological polar surface area (TPSA) is 17.1 Å². The molecule has 0 aromatic heterocycles. The van der Waals surface area contributed by atoms with Crippen molar-refractivity contribution in [2.45, 2.75) is 19.3 Å². The van der Waals surface area contributed by atoms with Gasteiger partial charge in [0.2, 0.25) is 0 Å². The molecule has 0 atom stereocenters. The molecule has 0 saturated carbocycles. The first kappa shape index (κ1) is 9.24. The lowest BCUT2D eigenvalue weighted by atomic mass is 10.0. The predicted molar refractivity (Wildman–Crippen MR) is 44.0 cm³/mol. The van der Waals surface area contributed by atoms with Crippen LogP contribution in [0.4, 0.5) is 13.2 Å². The minimum Gasteiger partial charge on any atom is -0.294 e. The third kappa shape index (κ3) is 1.22. The van der Waals surface area contributed by atoms with Crippen molar-refractivity contribution < 1.29 is 18.0 Å². The molecule has 0 fully saturated rings. The van der Waals surface area contributed by atoms with Crippen LogP contribution in [0.2, 0.25) is 0 Å². The summed E-state index contributed by atoms with van der Waals surface area (Å²) in [4.78, 5) is 11.2. The minimum absolute atomic E-state index is 0.0972. The maximum atomic E-state index is 13.1. The fourth-order valence-electron chi connectivity index (χ4n) is 1.76. The molecule has 1 aromatic carbocycles. The molecule has 0 saturated heterocycles. The van der Waals surface area contributed by atoms with Gasteiger partial charge in [-0.3, -0.25) is 4.79 Å². The average Bonchev–Trinajstić information content (AvgIpc) is 2.50. The van der Waals surface area contributed by atoms with Gasteiger partial charge in [-0.05, 0) is 24.1 Å². The van der Waals surface area contributed by atoms with Crippen molar-refractivity contribution in [1.82, 2.24) is 0 Å². The van der Waals surface area contributed by atoms with Gasteiger partial charge in [0.15, 0.2) is 5.78 Å². The molecule has 0 spiro atoms. The fourth-order valence-corrected chi connectivity index (χ4v) is 1.76. The van der Waals surface area contributed by atoms with E-state index in [9.17, 15) is 18.0 Å². The van der Waals surface area contributed by atoms with E-state index in [-0.39, 0.29) is 35.3 Å². The van der Waals surface area contributed by atoms with E-state index in [1.807, 2.05) is 0 Å². The van der Waals surface area contributed by atoms with Crippen LogP contribution in [0.1, 0.15) is 34.3 Å². The van der Waals surface area contributed by atoms with Gasteiger partial charge in [0.1, 0.15) is 5.82 Å². The van der Waals surface area contributed by atoms with Gasteiger partial charge in [-0.2, -0.15) is 0 Å². The first-order chi connectivity index (χ1) is 6.61. The second-order valence-electron chi connectivity index (χ2n) is 3.21. The van der Waals surface area contributed by atoms with E-state index in [1.54, 1.807) is 0 Å². The lowest BCUT2D eigenvalue weighted by molar-refractivity contribution is 0.0982. The van der Waals surface area contributed by atoms with E-state index >= 15 is 0 Å². The van der Waals surface area contributed by atoms with E-state index in [4.69, 9.17) is 0 Å². The SMILES string of the molecule is O=C1CCc2c(F)ccc(C(F)F)c21. The molecule has 0 N–H and O–H groups in total. The van der Waals surface area contributed by atoms with Crippen LogP contribution >= 0.6 is 0 Å². The highest BCUT2D eigenvalue weighted by Gasteiger charge is 2.28. The number of Topliss-reactive ketones (excluding diaryl/α,β-unsaturated/α-hetero) is 1. The zero-order chi connectivity index (χ0) is 10.3. The molecule has 1 aliphatic rings. The summed E-state index contributed by atoms with van der Waals surface area (Å²) in [6.45, 7) is 0. The van der Waals surface area contributed by atoms with E-state index in [1.165, 1.54) is 0 Å². The number of hydrogen-bond donors (Lipinski definition) is 0.